The fourth-order valence-electron chi connectivity index (χ4n) is 2.32. The minimum atomic E-state index is 0.0824. The summed E-state index contributed by atoms with van der Waals surface area (Å²) in [5, 5.41) is 12.8. The smallest absolute Gasteiger partial charge is 0.0975 e. The van der Waals surface area contributed by atoms with Crippen LogP contribution in [0.1, 0.15) is 21.1 Å². The lowest BCUT2D eigenvalue weighted by Crippen LogP contribution is -1.89. The highest BCUT2D eigenvalue weighted by Gasteiger charge is 2.08. The van der Waals surface area contributed by atoms with Gasteiger partial charge in [-0.25, -0.2) is 4.98 Å². The summed E-state index contributed by atoms with van der Waals surface area (Å²) in [5.74, 6) is 0. The van der Waals surface area contributed by atoms with Crippen LogP contribution in [0.5, 0.6) is 0 Å². The van der Waals surface area contributed by atoms with E-state index in [2.05, 4.69) is 47.4 Å². The standard InChI is InChI=1S/C16H15NOS/c1-11-15(10-18)19-16(17-11)9-13-7-4-6-12-5-2-3-8-14(12)13/h2-8,18H,9-10H2,1H3. The Balaban J connectivity index is 2.00. The van der Waals surface area contributed by atoms with Gasteiger partial charge in [0.2, 0.25) is 0 Å². The van der Waals surface area contributed by atoms with Crippen molar-refractivity contribution in [3.05, 3.63) is 63.6 Å². The van der Waals surface area contributed by atoms with Crippen LogP contribution >= 0.6 is 11.3 Å². The molecule has 0 saturated heterocycles. The van der Waals surface area contributed by atoms with Crippen molar-refractivity contribution >= 4 is 22.1 Å². The molecule has 19 heavy (non-hydrogen) atoms. The van der Waals surface area contributed by atoms with E-state index in [1.165, 1.54) is 16.3 Å². The summed E-state index contributed by atoms with van der Waals surface area (Å²) in [5.41, 5.74) is 2.24. The number of thiazole rings is 1. The Labute approximate surface area is 116 Å². The molecule has 2 aromatic carbocycles. The molecule has 96 valence electrons. The van der Waals surface area contributed by atoms with E-state index < -0.39 is 0 Å². The SMILES string of the molecule is Cc1nc(Cc2cccc3ccccc23)sc1CO. The molecule has 3 aromatic rings. The van der Waals surface area contributed by atoms with E-state index in [1.807, 2.05) is 6.92 Å². The van der Waals surface area contributed by atoms with Gasteiger partial charge in [-0.15, -0.1) is 11.3 Å². The lowest BCUT2D eigenvalue weighted by molar-refractivity contribution is 0.284. The zero-order chi connectivity index (χ0) is 13.2. The van der Waals surface area contributed by atoms with Crippen molar-refractivity contribution < 1.29 is 5.11 Å². The molecule has 2 nitrogen and oxygen atoms in total. The predicted octanol–water partition coefficient (Wildman–Crippen LogP) is 3.69. The molecule has 0 aliphatic rings. The number of rotatable bonds is 3. The molecule has 0 unspecified atom stereocenters. The molecule has 0 saturated carbocycles. The number of aliphatic hydroxyl groups excluding tert-OH is 1. The summed E-state index contributed by atoms with van der Waals surface area (Å²) in [4.78, 5) is 5.51. The molecule has 0 fully saturated rings. The fraction of sp³-hybridized carbons (Fsp3) is 0.188. The van der Waals surface area contributed by atoms with E-state index in [4.69, 9.17) is 0 Å². The van der Waals surface area contributed by atoms with Crippen molar-refractivity contribution in [2.75, 3.05) is 0 Å². The first-order valence-electron chi connectivity index (χ1n) is 6.30. The van der Waals surface area contributed by atoms with Gasteiger partial charge in [0.25, 0.3) is 0 Å². The summed E-state index contributed by atoms with van der Waals surface area (Å²) >= 11 is 1.60. The summed E-state index contributed by atoms with van der Waals surface area (Å²) < 4.78 is 0. The Bertz CT molecular complexity index is 712. The number of hydrogen-bond acceptors (Lipinski definition) is 3. The second kappa shape index (κ2) is 5.11. The van der Waals surface area contributed by atoms with Crippen molar-refractivity contribution in [1.29, 1.82) is 0 Å². The van der Waals surface area contributed by atoms with Gasteiger partial charge in [-0.2, -0.15) is 0 Å². The van der Waals surface area contributed by atoms with E-state index in [0.29, 0.717) is 0 Å². The van der Waals surface area contributed by atoms with E-state index in [0.717, 1.165) is 22.0 Å². The van der Waals surface area contributed by atoms with Gasteiger partial charge in [0.05, 0.1) is 22.2 Å². The number of fused-ring (bicyclic) bond motifs is 1. The number of aliphatic hydroxyl groups is 1. The third-order valence-corrected chi connectivity index (χ3v) is 4.44. The predicted molar refractivity (Wildman–Crippen MR) is 79.5 cm³/mol. The number of aryl methyl sites for hydroxylation is 1. The van der Waals surface area contributed by atoms with Gasteiger partial charge in [-0.05, 0) is 23.3 Å². The Morgan fingerprint density at radius 1 is 1.11 bits per heavy atom. The van der Waals surface area contributed by atoms with E-state index in [9.17, 15) is 5.11 Å². The van der Waals surface area contributed by atoms with Gasteiger partial charge in [0, 0.05) is 6.42 Å². The summed E-state index contributed by atoms with van der Waals surface area (Å²) in [6.07, 6.45) is 0.826. The summed E-state index contributed by atoms with van der Waals surface area (Å²) in [7, 11) is 0. The maximum atomic E-state index is 9.24. The number of benzene rings is 2. The van der Waals surface area contributed by atoms with Crippen LogP contribution in [0, 0.1) is 6.92 Å². The molecule has 0 atom stereocenters. The minimum Gasteiger partial charge on any atom is -0.391 e. The van der Waals surface area contributed by atoms with Crippen LogP contribution in [0.3, 0.4) is 0 Å². The van der Waals surface area contributed by atoms with Gasteiger partial charge in [0.15, 0.2) is 0 Å². The molecular formula is C16H15NOS. The molecule has 1 N–H and O–H groups in total. The number of hydrogen-bond donors (Lipinski definition) is 1. The van der Waals surface area contributed by atoms with Gasteiger partial charge < -0.3 is 5.11 Å². The van der Waals surface area contributed by atoms with Crippen LogP contribution in [0.2, 0.25) is 0 Å². The summed E-state index contributed by atoms with van der Waals surface area (Å²) in [6.45, 7) is 2.04. The molecule has 0 aliphatic carbocycles. The normalized spacial score (nSPS) is 11.1. The highest BCUT2D eigenvalue weighted by molar-refractivity contribution is 7.11. The van der Waals surface area contributed by atoms with Crippen molar-refractivity contribution in [3.8, 4) is 0 Å². The monoisotopic (exact) mass is 269 g/mol. The lowest BCUT2D eigenvalue weighted by atomic mass is 10.0. The third kappa shape index (κ3) is 2.39. The molecule has 3 rings (SSSR count). The zero-order valence-corrected chi connectivity index (χ0v) is 11.6. The van der Waals surface area contributed by atoms with Crippen molar-refractivity contribution in [2.45, 2.75) is 20.0 Å². The van der Waals surface area contributed by atoms with Crippen molar-refractivity contribution in [1.82, 2.24) is 4.98 Å². The third-order valence-electron chi connectivity index (χ3n) is 3.30. The van der Waals surface area contributed by atoms with Crippen LogP contribution in [0.15, 0.2) is 42.5 Å². The Kier molecular flexibility index (Phi) is 3.32. The molecule has 0 aliphatic heterocycles. The Hall–Kier alpha value is -1.71. The molecule has 0 radical (unpaired) electrons. The first-order chi connectivity index (χ1) is 9.28. The van der Waals surface area contributed by atoms with Crippen molar-refractivity contribution in [2.24, 2.45) is 0 Å². The molecule has 1 aromatic heterocycles. The molecular weight excluding hydrogens is 254 g/mol. The van der Waals surface area contributed by atoms with E-state index in [-0.39, 0.29) is 6.61 Å². The van der Waals surface area contributed by atoms with Crippen LogP contribution in [0.4, 0.5) is 0 Å². The van der Waals surface area contributed by atoms with Gasteiger partial charge in [-0.1, -0.05) is 42.5 Å². The second-order valence-electron chi connectivity index (χ2n) is 4.59. The number of nitrogens with zero attached hydrogens (tertiary/aromatic N) is 1. The highest BCUT2D eigenvalue weighted by atomic mass is 32.1. The Morgan fingerprint density at radius 2 is 1.89 bits per heavy atom. The fourth-order valence-corrected chi connectivity index (χ4v) is 3.27. The van der Waals surface area contributed by atoms with Gasteiger partial charge >= 0.3 is 0 Å². The molecule has 0 bridgehead atoms. The average Bonchev–Trinajstić information content (AvgIpc) is 2.79. The largest absolute Gasteiger partial charge is 0.391 e. The highest BCUT2D eigenvalue weighted by Crippen LogP contribution is 2.25. The zero-order valence-electron chi connectivity index (χ0n) is 10.8. The maximum Gasteiger partial charge on any atom is 0.0975 e. The molecule has 0 spiro atoms. The average molecular weight is 269 g/mol. The van der Waals surface area contributed by atoms with Crippen LogP contribution in [0.25, 0.3) is 10.8 Å². The van der Waals surface area contributed by atoms with Gasteiger partial charge in [0.1, 0.15) is 0 Å². The molecule has 0 amide bonds. The molecule has 3 heteroatoms. The van der Waals surface area contributed by atoms with E-state index in [1.54, 1.807) is 11.3 Å². The first kappa shape index (κ1) is 12.3. The van der Waals surface area contributed by atoms with Crippen LogP contribution in [-0.4, -0.2) is 10.1 Å². The van der Waals surface area contributed by atoms with Crippen molar-refractivity contribution in [3.63, 3.8) is 0 Å². The Morgan fingerprint density at radius 3 is 2.68 bits per heavy atom. The van der Waals surface area contributed by atoms with Crippen LogP contribution in [-0.2, 0) is 13.0 Å². The topological polar surface area (TPSA) is 33.1 Å². The van der Waals surface area contributed by atoms with Crippen LogP contribution < -0.4 is 0 Å². The first-order valence-corrected chi connectivity index (χ1v) is 7.12. The molecule has 1 heterocycles. The van der Waals surface area contributed by atoms with Gasteiger partial charge in [-0.3, -0.25) is 0 Å². The van der Waals surface area contributed by atoms with E-state index >= 15 is 0 Å². The maximum absolute atomic E-state index is 9.24. The minimum absolute atomic E-state index is 0.0824. The summed E-state index contributed by atoms with van der Waals surface area (Å²) in [6, 6.07) is 14.8. The number of aromatic nitrogens is 1. The quantitative estimate of drug-likeness (QED) is 0.786. The second-order valence-corrected chi connectivity index (χ2v) is 5.76. The lowest BCUT2D eigenvalue weighted by Gasteiger charge is -2.04.